The number of carboxylic acids is 1. The summed E-state index contributed by atoms with van der Waals surface area (Å²) in [6, 6.07) is 10.2. The molecule has 2 aromatic carbocycles. The van der Waals surface area contributed by atoms with Gasteiger partial charge in [-0.05, 0) is 42.3 Å². The predicted octanol–water partition coefficient (Wildman–Crippen LogP) is 3.33. The third-order valence-corrected chi connectivity index (χ3v) is 3.12. The Morgan fingerprint density at radius 2 is 1.95 bits per heavy atom. The first-order valence-electron chi connectivity index (χ1n) is 6.52. The molecule has 0 aliphatic carbocycles. The Labute approximate surface area is 122 Å². The van der Waals surface area contributed by atoms with Crippen LogP contribution in [0.5, 0.6) is 17.2 Å². The van der Waals surface area contributed by atoms with Crippen molar-refractivity contribution in [2.45, 2.75) is 13.3 Å². The second-order valence-corrected chi connectivity index (χ2v) is 4.50. The highest BCUT2D eigenvalue weighted by Crippen LogP contribution is 2.33. The van der Waals surface area contributed by atoms with Crippen molar-refractivity contribution >= 4 is 11.7 Å². The Bertz CT molecular complexity index is 667. The second-order valence-electron chi connectivity index (χ2n) is 4.50. The summed E-state index contributed by atoms with van der Waals surface area (Å²) in [6.45, 7) is 2.05. The predicted molar refractivity (Wildman–Crippen MR) is 80.3 cm³/mol. The number of methoxy groups -OCH3 is 1. The summed E-state index contributed by atoms with van der Waals surface area (Å²) in [6.07, 6.45) is 0.891. The first kappa shape index (κ1) is 14.7. The fraction of sp³-hybridized carbons (Fsp3) is 0.188. The van der Waals surface area contributed by atoms with Gasteiger partial charge in [0.2, 0.25) is 0 Å². The average Bonchev–Trinajstić information content (AvgIpc) is 2.49. The van der Waals surface area contributed by atoms with Gasteiger partial charge in [0.15, 0.2) is 11.5 Å². The van der Waals surface area contributed by atoms with Gasteiger partial charge in [-0.15, -0.1) is 0 Å². The molecule has 110 valence electrons. The van der Waals surface area contributed by atoms with Crippen LogP contribution in [0.1, 0.15) is 22.8 Å². The topological polar surface area (TPSA) is 81.8 Å². The molecule has 0 aliphatic rings. The molecule has 21 heavy (non-hydrogen) atoms. The van der Waals surface area contributed by atoms with Gasteiger partial charge in [0.05, 0.1) is 12.7 Å². The summed E-state index contributed by atoms with van der Waals surface area (Å²) in [7, 11) is 1.56. The van der Waals surface area contributed by atoms with Gasteiger partial charge in [0.1, 0.15) is 5.75 Å². The Hall–Kier alpha value is -2.69. The lowest BCUT2D eigenvalue weighted by Crippen LogP contribution is -2.02. The molecule has 0 unspecified atom stereocenters. The molecule has 5 heteroatoms. The van der Waals surface area contributed by atoms with Crippen molar-refractivity contribution in [1.29, 1.82) is 0 Å². The van der Waals surface area contributed by atoms with Gasteiger partial charge in [-0.2, -0.15) is 0 Å². The van der Waals surface area contributed by atoms with Gasteiger partial charge < -0.3 is 20.3 Å². The van der Waals surface area contributed by atoms with Gasteiger partial charge in [0, 0.05) is 5.69 Å². The van der Waals surface area contributed by atoms with Crippen LogP contribution in [0.25, 0.3) is 0 Å². The van der Waals surface area contributed by atoms with Crippen LogP contribution in [0.15, 0.2) is 36.4 Å². The molecule has 0 saturated carbocycles. The number of nitrogens with two attached hydrogens (primary N) is 1. The van der Waals surface area contributed by atoms with Crippen LogP contribution in [0.2, 0.25) is 0 Å². The van der Waals surface area contributed by atoms with Crippen LogP contribution >= 0.6 is 0 Å². The lowest BCUT2D eigenvalue weighted by Gasteiger charge is -2.12. The molecule has 0 saturated heterocycles. The molecule has 0 radical (unpaired) electrons. The van der Waals surface area contributed by atoms with E-state index in [0.717, 1.165) is 12.0 Å². The highest BCUT2D eigenvalue weighted by molar-refractivity contribution is 5.94. The molecular formula is C16H17NO4. The van der Waals surface area contributed by atoms with Crippen molar-refractivity contribution in [2.24, 2.45) is 0 Å². The van der Waals surface area contributed by atoms with Crippen LogP contribution in [-0.2, 0) is 6.42 Å². The van der Waals surface area contributed by atoms with E-state index in [1.165, 1.54) is 12.1 Å². The highest BCUT2D eigenvalue weighted by atomic mass is 16.5. The van der Waals surface area contributed by atoms with E-state index in [0.29, 0.717) is 17.2 Å². The number of aryl methyl sites for hydroxylation is 1. The van der Waals surface area contributed by atoms with E-state index in [-0.39, 0.29) is 11.3 Å². The molecule has 0 heterocycles. The van der Waals surface area contributed by atoms with Gasteiger partial charge in [-0.1, -0.05) is 13.0 Å². The summed E-state index contributed by atoms with van der Waals surface area (Å²) in [5.74, 6) is 0.425. The Morgan fingerprint density at radius 1 is 1.19 bits per heavy atom. The maximum atomic E-state index is 11.1. The summed E-state index contributed by atoms with van der Waals surface area (Å²) in [4.78, 5) is 11.1. The van der Waals surface area contributed by atoms with Gasteiger partial charge >= 0.3 is 5.97 Å². The van der Waals surface area contributed by atoms with Crippen LogP contribution in [0, 0.1) is 0 Å². The Balaban J connectivity index is 2.34. The van der Waals surface area contributed by atoms with E-state index in [2.05, 4.69) is 6.92 Å². The van der Waals surface area contributed by atoms with Crippen LogP contribution in [-0.4, -0.2) is 18.2 Å². The number of carbonyl (C=O) groups is 1. The smallest absolute Gasteiger partial charge is 0.337 e. The minimum absolute atomic E-state index is 0.0108. The maximum Gasteiger partial charge on any atom is 0.337 e. The molecule has 0 atom stereocenters. The first-order chi connectivity index (χ1) is 10.0. The minimum Gasteiger partial charge on any atom is -0.493 e. The fourth-order valence-electron chi connectivity index (χ4n) is 1.93. The van der Waals surface area contributed by atoms with E-state index < -0.39 is 5.97 Å². The van der Waals surface area contributed by atoms with Gasteiger partial charge in [-0.25, -0.2) is 4.79 Å². The number of nitrogen functional groups attached to an aromatic ring is 1. The minimum atomic E-state index is -1.09. The normalized spacial score (nSPS) is 10.2. The number of aromatic carboxylic acids is 1. The molecule has 3 N–H and O–H groups in total. The van der Waals surface area contributed by atoms with Gasteiger partial charge in [-0.3, -0.25) is 0 Å². The Kier molecular flexibility index (Phi) is 4.33. The zero-order valence-electron chi connectivity index (χ0n) is 11.9. The number of hydrogen-bond acceptors (Lipinski definition) is 4. The maximum absolute atomic E-state index is 11.1. The van der Waals surface area contributed by atoms with E-state index >= 15 is 0 Å². The summed E-state index contributed by atoms with van der Waals surface area (Å²) in [5.41, 5.74) is 6.95. The Morgan fingerprint density at radius 3 is 2.57 bits per heavy atom. The highest BCUT2D eigenvalue weighted by Gasteiger charge is 2.11. The number of carboxylic acid groups (broad SMARTS) is 1. The van der Waals surface area contributed by atoms with Crippen molar-refractivity contribution in [3.63, 3.8) is 0 Å². The quantitative estimate of drug-likeness (QED) is 0.824. The van der Waals surface area contributed by atoms with Crippen LogP contribution in [0.3, 0.4) is 0 Å². The van der Waals surface area contributed by atoms with Crippen LogP contribution in [0.4, 0.5) is 5.69 Å². The lowest BCUT2D eigenvalue weighted by molar-refractivity contribution is 0.0697. The fourth-order valence-corrected chi connectivity index (χ4v) is 1.93. The van der Waals surface area contributed by atoms with E-state index in [1.54, 1.807) is 19.2 Å². The number of anilines is 1. The van der Waals surface area contributed by atoms with Gasteiger partial charge in [0.25, 0.3) is 0 Å². The number of hydrogen-bond donors (Lipinski definition) is 2. The first-order valence-corrected chi connectivity index (χ1v) is 6.52. The molecule has 0 spiro atoms. The third-order valence-electron chi connectivity index (χ3n) is 3.12. The number of benzene rings is 2. The SMILES string of the molecule is CCc1ccc(Oc2ccc(N)c(C(=O)O)c2)c(OC)c1. The van der Waals surface area contributed by atoms with E-state index in [4.69, 9.17) is 20.3 Å². The molecular weight excluding hydrogens is 270 g/mol. The summed E-state index contributed by atoms with van der Waals surface area (Å²) >= 11 is 0. The van der Waals surface area contributed by atoms with Crippen molar-refractivity contribution in [3.05, 3.63) is 47.5 Å². The molecule has 0 amide bonds. The van der Waals surface area contributed by atoms with E-state index in [1.807, 2.05) is 12.1 Å². The van der Waals surface area contributed by atoms with Crippen molar-refractivity contribution in [2.75, 3.05) is 12.8 Å². The zero-order chi connectivity index (χ0) is 15.4. The van der Waals surface area contributed by atoms with Crippen LogP contribution < -0.4 is 15.2 Å². The summed E-state index contributed by atoms with van der Waals surface area (Å²) < 4.78 is 11.0. The monoisotopic (exact) mass is 287 g/mol. The second kappa shape index (κ2) is 6.17. The molecule has 0 bridgehead atoms. The largest absolute Gasteiger partial charge is 0.493 e. The van der Waals surface area contributed by atoms with Crippen molar-refractivity contribution in [3.8, 4) is 17.2 Å². The van der Waals surface area contributed by atoms with Crippen molar-refractivity contribution in [1.82, 2.24) is 0 Å². The molecule has 0 aromatic heterocycles. The molecule has 2 rings (SSSR count). The summed E-state index contributed by atoms with van der Waals surface area (Å²) in [5, 5.41) is 9.07. The molecule has 0 fully saturated rings. The third kappa shape index (κ3) is 3.25. The number of ether oxygens (including phenoxy) is 2. The molecule has 0 aliphatic heterocycles. The standard InChI is InChI=1S/C16H17NO4/c1-3-10-4-7-14(15(8-10)20-2)21-11-5-6-13(17)12(9-11)16(18)19/h4-9H,3,17H2,1-2H3,(H,18,19). The van der Waals surface area contributed by atoms with Crippen molar-refractivity contribution < 1.29 is 19.4 Å². The molecule has 2 aromatic rings. The zero-order valence-corrected chi connectivity index (χ0v) is 11.9. The average molecular weight is 287 g/mol. The lowest BCUT2D eigenvalue weighted by atomic mass is 10.1. The van der Waals surface area contributed by atoms with E-state index in [9.17, 15) is 4.79 Å². The molecule has 5 nitrogen and oxygen atoms in total. The number of rotatable bonds is 5.